The lowest BCUT2D eigenvalue weighted by Crippen LogP contribution is -2.34. The number of rotatable bonds is 4. The fourth-order valence-electron chi connectivity index (χ4n) is 2.39. The van der Waals surface area contributed by atoms with Crippen molar-refractivity contribution in [2.75, 3.05) is 25.0 Å². The van der Waals surface area contributed by atoms with Crippen molar-refractivity contribution in [3.05, 3.63) is 30.1 Å². The number of halogens is 1. The fourth-order valence-corrected chi connectivity index (χ4v) is 2.39. The van der Waals surface area contributed by atoms with Gasteiger partial charge in [-0.2, -0.15) is 0 Å². The highest BCUT2D eigenvalue weighted by Crippen LogP contribution is 2.18. The van der Waals surface area contributed by atoms with Crippen molar-refractivity contribution in [3.8, 4) is 0 Å². The van der Waals surface area contributed by atoms with Crippen LogP contribution in [0.1, 0.15) is 13.3 Å². The SMILES string of the molecule is CC(N)C1CCN(CC(=O)Nc2ccccc2F)C1. The Labute approximate surface area is 112 Å². The topological polar surface area (TPSA) is 58.4 Å². The van der Waals surface area contributed by atoms with Gasteiger partial charge in [0.05, 0.1) is 12.2 Å². The number of hydrogen-bond donors (Lipinski definition) is 2. The van der Waals surface area contributed by atoms with Gasteiger partial charge in [-0.15, -0.1) is 0 Å². The Morgan fingerprint density at radius 2 is 2.32 bits per heavy atom. The van der Waals surface area contributed by atoms with E-state index >= 15 is 0 Å². The Morgan fingerprint density at radius 3 is 2.95 bits per heavy atom. The van der Waals surface area contributed by atoms with Crippen LogP contribution < -0.4 is 11.1 Å². The highest BCUT2D eigenvalue weighted by atomic mass is 19.1. The largest absolute Gasteiger partial charge is 0.328 e. The Balaban J connectivity index is 1.84. The van der Waals surface area contributed by atoms with Crippen LogP contribution in [0.15, 0.2) is 24.3 Å². The van der Waals surface area contributed by atoms with E-state index in [9.17, 15) is 9.18 Å². The van der Waals surface area contributed by atoms with E-state index in [1.807, 2.05) is 6.92 Å². The molecule has 0 bridgehead atoms. The molecule has 1 aliphatic rings. The molecule has 1 heterocycles. The minimum absolute atomic E-state index is 0.152. The van der Waals surface area contributed by atoms with Gasteiger partial charge in [0.25, 0.3) is 0 Å². The summed E-state index contributed by atoms with van der Waals surface area (Å²) in [6, 6.07) is 6.33. The third kappa shape index (κ3) is 3.75. The first kappa shape index (κ1) is 14.0. The Hall–Kier alpha value is -1.46. The van der Waals surface area contributed by atoms with E-state index in [4.69, 9.17) is 5.73 Å². The fraction of sp³-hybridized carbons (Fsp3) is 0.500. The molecule has 0 aromatic heterocycles. The number of benzene rings is 1. The van der Waals surface area contributed by atoms with E-state index in [0.717, 1.165) is 19.5 Å². The lowest BCUT2D eigenvalue weighted by Gasteiger charge is -2.17. The maximum Gasteiger partial charge on any atom is 0.238 e. The van der Waals surface area contributed by atoms with Crippen LogP contribution in [-0.4, -0.2) is 36.5 Å². The number of anilines is 1. The van der Waals surface area contributed by atoms with E-state index in [0.29, 0.717) is 5.92 Å². The summed E-state index contributed by atoms with van der Waals surface area (Å²) in [5.74, 6) is -0.151. The summed E-state index contributed by atoms with van der Waals surface area (Å²) in [5, 5.41) is 2.59. The van der Waals surface area contributed by atoms with E-state index < -0.39 is 5.82 Å². The third-order valence-corrected chi connectivity index (χ3v) is 3.57. The van der Waals surface area contributed by atoms with Gasteiger partial charge in [0.1, 0.15) is 5.82 Å². The zero-order valence-electron chi connectivity index (χ0n) is 11.1. The monoisotopic (exact) mass is 265 g/mol. The summed E-state index contributed by atoms with van der Waals surface area (Å²) in [7, 11) is 0. The van der Waals surface area contributed by atoms with Crippen LogP contribution in [0.2, 0.25) is 0 Å². The maximum absolute atomic E-state index is 13.4. The van der Waals surface area contributed by atoms with Gasteiger partial charge in [-0.3, -0.25) is 9.69 Å². The van der Waals surface area contributed by atoms with Crippen molar-refractivity contribution in [2.24, 2.45) is 11.7 Å². The lowest BCUT2D eigenvalue weighted by molar-refractivity contribution is -0.117. The highest BCUT2D eigenvalue weighted by molar-refractivity contribution is 5.92. The number of para-hydroxylation sites is 1. The molecule has 1 aliphatic heterocycles. The van der Waals surface area contributed by atoms with Crippen molar-refractivity contribution >= 4 is 11.6 Å². The predicted molar refractivity (Wildman–Crippen MR) is 73.2 cm³/mol. The summed E-state index contributed by atoms with van der Waals surface area (Å²) in [6.45, 7) is 3.99. The van der Waals surface area contributed by atoms with Crippen molar-refractivity contribution in [2.45, 2.75) is 19.4 Å². The first-order chi connectivity index (χ1) is 9.06. The molecule has 2 rings (SSSR count). The number of nitrogens with one attached hydrogen (secondary N) is 1. The molecular weight excluding hydrogens is 245 g/mol. The average Bonchev–Trinajstić information content (AvgIpc) is 2.80. The van der Waals surface area contributed by atoms with E-state index in [2.05, 4.69) is 10.2 Å². The molecule has 19 heavy (non-hydrogen) atoms. The first-order valence-electron chi connectivity index (χ1n) is 6.58. The number of nitrogens with two attached hydrogens (primary N) is 1. The van der Waals surface area contributed by atoms with Crippen LogP contribution in [-0.2, 0) is 4.79 Å². The predicted octanol–water partition coefficient (Wildman–Crippen LogP) is 1.43. The molecule has 1 amide bonds. The number of carbonyl (C=O) groups is 1. The van der Waals surface area contributed by atoms with Gasteiger partial charge in [-0.05, 0) is 37.9 Å². The molecule has 1 fully saturated rings. The van der Waals surface area contributed by atoms with Crippen molar-refractivity contribution in [1.29, 1.82) is 0 Å². The van der Waals surface area contributed by atoms with Crippen LogP contribution >= 0.6 is 0 Å². The van der Waals surface area contributed by atoms with Gasteiger partial charge < -0.3 is 11.1 Å². The molecule has 2 atom stereocenters. The number of nitrogens with zero attached hydrogens (tertiary/aromatic N) is 1. The van der Waals surface area contributed by atoms with E-state index in [1.165, 1.54) is 6.07 Å². The number of carbonyl (C=O) groups excluding carboxylic acids is 1. The van der Waals surface area contributed by atoms with E-state index in [-0.39, 0.29) is 24.2 Å². The van der Waals surface area contributed by atoms with Crippen molar-refractivity contribution in [3.63, 3.8) is 0 Å². The van der Waals surface area contributed by atoms with Crippen LogP contribution in [0, 0.1) is 11.7 Å². The smallest absolute Gasteiger partial charge is 0.238 e. The van der Waals surface area contributed by atoms with Gasteiger partial charge in [0.2, 0.25) is 5.91 Å². The number of amides is 1. The Morgan fingerprint density at radius 1 is 1.58 bits per heavy atom. The molecule has 3 N–H and O–H groups in total. The third-order valence-electron chi connectivity index (χ3n) is 3.57. The first-order valence-corrected chi connectivity index (χ1v) is 6.58. The molecule has 104 valence electrons. The standard InChI is InChI=1S/C14H20FN3O/c1-10(16)11-6-7-18(8-11)9-14(19)17-13-5-3-2-4-12(13)15/h2-5,10-11H,6-9,16H2,1H3,(H,17,19). The molecule has 0 aliphatic carbocycles. The normalized spacial score (nSPS) is 21.3. The van der Waals surface area contributed by atoms with Gasteiger partial charge in [0, 0.05) is 12.6 Å². The minimum atomic E-state index is -0.411. The summed E-state index contributed by atoms with van der Waals surface area (Å²) < 4.78 is 13.4. The zero-order chi connectivity index (χ0) is 13.8. The van der Waals surface area contributed by atoms with Crippen molar-refractivity contribution < 1.29 is 9.18 Å². The lowest BCUT2D eigenvalue weighted by atomic mass is 10.0. The van der Waals surface area contributed by atoms with Gasteiger partial charge in [0.15, 0.2) is 0 Å². The second-order valence-electron chi connectivity index (χ2n) is 5.17. The van der Waals surface area contributed by atoms with Crippen LogP contribution in [0.4, 0.5) is 10.1 Å². The molecule has 0 spiro atoms. The molecular formula is C14H20FN3O. The average molecular weight is 265 g/mol. The van der Waals surface area contributed by atoms with Gasteiger partial charge >= 0.3 is 0 Å². The highest BCUT2D eigenvalue weighted by Gasteiger charge is 2.26. The molecule has 0 radical (unpaired) electrons. The molecule has 4 nitrogen and oxygen atoms in total. The second kappa shape index (κ2) is 6.12. The van der Waals surface area contributed by atoms with Crippen LogP contribution in [0.25, 0.3) is 0 Å². The van der Waals surface area contributed by atoms with Gasteiger partial charge in [-0.25, -0.2) is 4.39 Å². The summed E-state index contributed by atoms with van der Waals surface area (Å²) in [5.41, 5.74) is 6.09. The molecule has 5 heteroatoms. The maximum atomic E-state index is 13.4. The van der Waals surface area contributed by atoms with Crippen LogP contribution in [0.3, 0.4) is 0 Å². The molecule has 1 aromatic carbocycles. The molecule has 1 saturated heterocycles. The molecule has 2 unspecified atom stereocenters. The Kier molecular flexibility index (Phi) is 4.50. The second-order valence-corrected chi connectivity index (χ2v) is 5.17. The summed E-state index contributed by atoms with van der Waals surface area (Å²) in [4.78, 5) is 13.9. The minimum Gasteiger partial charge on any atom is -0.328 e. The number of hydrogen-bond acceptors (Lipinski definition) is 3. The quantitative estimate of drug-likeness (QED) is 0.866. The summed E-state index contributed by atoms with van der Waals surface area (Å²) in [6.07, 6.45) is 1.02. The molecule has 1 aromatic rings. The molecule has 0 saturated carbocycles. The Bertz CT molecular complexity index is 450. The van der Waals surface area contributed by atoms with Crippen molar-refractivity contribution in [1.82, 2.24) is 4.90 Å². The van der Waals surface area contributed by atoms with Crippen LogP contribution in [0.5, 0.6) is 0 Å². The van der Waals surface area contributed by atoms with E-state index in [1.54, 1.807) is 18.2 Å². The summed E-state index contributed by atoms with van der Waals surface area (Å²) >= 11 is 0. The number of likely N-dealkylation sites (tertiary alicyclic amines) is 1. The van der Waals surface area contributed by atoms with Gasteiger partial charge in [-0.1, -0.05) is 12.1 Å². The zero-order valence-corrected chi connectivity index (χ0v) is 11.1.